The third kappa shape index (κ3) is 5.26. The molecule has 2 heterocycles. The average molecular weight is 325 g/mol. The highest BCUT2D eigenvalue weighted by molar-refractivity contribution is 8.00. The smallest absolute Gasteiger partial charge is 0.230 e. The van der Waals surface area contributed by atoms with Crippen molar-refractivity contribution in [3.63, 3.8) is 0 Å². The van der Waals surface area contributed by atoms with Crippen molar-refractivity contribution in [3.8, 4) is 0 Å². The van der Waals surface area contributed by atoms with Crippen LogP contribution >= 0.6 is 23.1 Å². The highest BCUT2D eigenvalue weighted by Crippen LogP contribution is 2.28. The summed E-state index contributed by atoms with van der Waals surface area (Å²) < 4.78 is 6.43. The Kier molecular flexibility index (Phi) is 6.91. The van der Waals surface area contributed by atoms with Gasteiger partial charge in [0, 0.05) is 13.2 Å². The molecule has 5 nitrogen and oxygen atoms in total. The molecule has 2 aromatic rings. The van der Waals surface area contributed by atoms with Gasteiger partial charge in [-0.2, -0.15) is 0 Å². The number of thiophene rings is 1. The van der Waals surface area contributed by atoms with Gasteiger partial charge in [0.15, 0.2) is 0 Å². The Hall–Kier alpha value is -1.18. The molecule has 0 saturated heterocycles. The number of amides is 1. The summed E-state index contributed by atoms with van der Waals surface area (Å²) in [7, 11) is 0. The standard InChI is InChI=1S/C14H19N3O2S2/c1-2-3-6-19-7-5-15-12(18)9-21-14-13-11(4-8-20-13)16-10-17-14/h4,8,10H,2-3,5-7,9H2,1H3,(H,15,18). The van der Waals surface area contributed by atoms with Crippen LogP contribution in [0.3, 0.4) is 0 Å². The minimum absolute atomic E-state index is 0.00223. The zero-order valence-electron chi connectivity index (χ0n) is 12.0. The van der Waals surface area contributed by atoms with Crippen LogP contribution in [0.5, 0.6) is 0 Å². The predicted molar refractivity (Wildman–Crippen MR) is 86.9 cm³/mol. The van der Waals surface area contributed by atoms with Gasteiger partial charge in [-0.3, -0.25) is 4.79 Å². The van der Waals surface area contributed by atoms with Gasteiger partial charge in [-0.05, 0) is 17.9 Å². The highest BCUT2D eigenvalue weighted by Gasteiger charge is 2.08. The Bertz CT molecular complexity index is 574. The van der Waals surface area contributed by atoms with Crippen LogP contribution < -0.4 is 5.32 Å². The first-order chi connectivity index (χ1) is 10.3. The molecule has 0 radical (unpaired) electrons. The van der Waals surface area contributed by atoms with Crippen molar-refractivity contribution in [2.75, 3.05) is 25.5 Å². The number of thioether (sulfide) groups is 1. The highest BCUT2D eigenvalue weighted by atomic mass is 32.2. The van der Waals surface area contributed by atoms with Gasteiger partial charge in [0.1, 0.15) is 11.4 Å². The van der Waals surface area contributed by atoms with Gasteiger partial charge in [0.25, 0.3) is 0 Å². The van der Waals surface area contributed by atoms with Gasteiger partial charge in [-0.15, -0.1) is 11.3 Å². The number of nitrogens with zero attached hydrogens (tertiary/aromatic N) is 2. The molecule has 0 aliphatic carbocycles. The number of hydrogen-bond acceptors (Lipinski definition) is 6. The monoisotopic (exact) mass is 325 g/mol. The molecule has 2 aromatic heterocycles. The zero-order valence-corrected chi connectivity index (χ0v) is 13.6. The fraction of sp³-hybridized carbons (Fsp3) is 0.500. The van der Waals surface area contributed by atoms with Gasteiger partial charge in [0.2, 0.25) is 5.91 Å². The van der Waals surface area contributed by atoms with Crippen LogP contribution in [0.4, 0.5) is 0 Å². The summed E-state index contributed by atoms with van der Waals surface area (Å²) in [6.07, 6.45) is 3.73. The number of aromatic nitrogens is 2. The summed E-state index contributed by atoms with van der Waals surface area (Å²) in [5, 5.41) is 5.70. The molecule has 0 fully saturated rings. The Labute approximate surface area is 132 Å². The summed E-state index contributed by atoms with van der Waals surface area (Å²) in [5.74, 6) is 0.362. The predicted octanol–water partition coefficient (Wildman–Crippen LogP) is 2.72. The lowest BCUT2D eigenvalue weighted by molar-refractivity contribution is -0.118. The number of carbonyl (C=O) groups excluding carboxylic acids is 1. The Morgan fingerprint density at radius 2 is 2.33 bits per heavy atom. The molecule has 0 unspecified atom stereocenters. The third-order valence-corrected chi connectivity index (χ3v) is 4.79. The van der Waals surface area contributed by atoms with Crippen molar-refractivity contribution in [1.29, 1.82) is 0 Å². The molecule has 21 heavy (non-hydrogen) atoms. The van der Waals surface area contributed by atoms with Gasteiger partial charge < -0.3 is 10.1 Å². The van der Waals surface area contributed by atoms with Crippen molar-refractivity contribution in [3.05, 3.63) is 17.8 Å². The Balaban J connectivity index is 1.68. The molecular formula is C14H19N3O2S2. The Morgan fingerprint density at radius 1 is 1.43 bits per heavy atom. The maximum Gasteiger partial charge on any atom is 0.230 e. The largest absolute Gasteiger partial charge is 0.380 e. The maximum atomic E-state index is 11.8. The molecule has 0 saturated carbocycles. The van der Waals surface area contributed by atoms with E-state index in [1.54, 1.807) is 11.3 Å². The number of unbranched alkanes of at least 4 members (excludes halogenated alkanes) is 1. The minimum Gasteiger partial charge on any atom is -0.380 e. The lowest BCUT2D eigenvalue weighted by Crippen LogP contribution is -2.28. The summed E-state index contributed by atoms with van der Waals surface area (Å²) >= 11 is 3.04. The molecule has 0 aromatic carbocycles. The van der Waals surface area contributed by atoms with Crippen molar-refractivity contribution in [2.45, 2.75) is 24.8 Å². The lowest BCUT2D eigenvalue weighted by Gasteiger charge is -2.06. The molecular weight excluding hydrogens is 306 g/mol. The summed E-state index contributed by atoms with van der Waals surface area (Å²) in [6, 6.07) is 1.96. The minimum atomic E-state index is 0.00223. The molecule has 2 rings (SSSR count). The quantitative estimate of drug-likeness (QED) is 0.436. The Morgan fingerprint density at radius 3 is 3.19 bits per heavy atom. The van der Waals surface area contributed by atoms with E-state index in [-0.39, 0.29) is 5.91 Å². The van der Waals surface area contributed by atoms with Crippen molar-refractivity contribution < 1.29 is 9.53 Å². The third-order valence-electron chi connectivity index (χ3n) is 2.76. The number of rotatable bonds is 9. The van der Waals surface area contributed by atoms with E-state index in [0.717, 1.165) is 34.7 Å². The topological polar surface area (TPSA) is 64.1 Å². The molecule has 0 aliphatic heterocycles. The first-order valence-electron chi connectivity index (χ1n) is 6.96. The average Bonchev–Trinajstić information content (AvgIpc) is 2.97. The summed E-state index contributed by atoms with van der Waals surface area (Å²) in [5.41, 5.74) is 0.933. The van der Waals surface area contributed by atoms with Crippen molar-refractivity contribution in [2.24, 2.45) is 0 Å². The number of ether oxygens (including phenoxy) is 1. The van der Waals surface area contributed by atoms with E-state index in [2.05, 4.69) is 22.2 Å². The molecule has 0 atom stereocenters. The number of nitrogens with one attached hydrogen (secondary N) is 1. The fourth-order valence-electron chi connectivity index (χ4n) is 1.67. The van der Waals surface area contributed by atoms with Crippen molar-refractivity contribution >= 4 is 39.2 Å². The van der Waals surface area contributed by atoms with Crippen LogP contribution in [0.15, 0.2) is 22.8 Å². The zero-order chi connectivity index (χ0) is 14.9. The van der Waals surface area contributed by atoms with Crippen LogP contribution in [0, 0.1) is 0 Å². The summed E-state index contributed by atoms with van der Waals surface area (Å²) in [6.45, 7) is 4.01. The van der Waals surface area contributed by atoms with Crippen LogP contribution in [0.1, 0.15) is 19.8 Å². The van der Waals surface area contributed by atoms with Gasteiger partial charge >= 0.3 is 0 Å². The van der Waals surface area contributed by atoms with E-state index in [1.807, 2.05) is 11.4 Å². The fourth-order valence-corrected chi connectivity index (χ4v) is 3.44. The number of carbonyl (C=O) groups is 1. The number of hydrogen-bond donors (Lipinski definition) is 1. The van der Waals surface area contributed by atoms with Crippen LogP contribution in [0.25, 0.3) is 10.2 Å². The second-order valence-corrected chi connectivity index (χ2v) is 6.30. The molecule has 1 amide bonds. The van der Waals surface area contributed by atoms with Gasteiger partial charge in [-0.1, -0.05) is 25.1 Å². The molecule has 1 N–H and O–H groups in total. The van der Waals surface area contributed by atoms with E-state index in [1.165, 1.54) is 18.1 Å². The van der Waals surface area contributed by atoms with E-state index in [9.17, 15) is 4.79 Å². The SMILES string of the molecule is CCCCOCCNC(=O)CSc1ncnc2ccsc12. The van der Waals surface area contributed by atoms with E-state index in [0.29, 0.717) is 18.9 Å². The number of fused-ring (bicyclic) bond motifs is 1. The van der Waals surface area contributed by atoms with Gasteiger partial charge in [0.05, 0.1) is 22.6 Å². The second kappa shape index (κ2) is 8.96. The normalized spacial score (nSPS) is 10.9. The summed E-state index contributed by atoms with van der Waals surface area (Å²) in [4.78, 5) is 20.2. The second-order valence-electron chi connectivity index (χ2n) is 4.42. The molecule has 0 aliphatic rings. The van der Waals surface area contributed by atoms with Crippen LogP contribution in [-0.4, -0.2) is 41.4 Å². The van der Waals surface area contributed by atoms with E-state index >= 15 is 0 Å². The lowest BCUT2D eigenvalue weighted by atomic mass is 10.4. The first kappa shape index (κ1) is 16.2. The molecule has 0 bridgehead atoms. The molecule has 7 heteroatoms. The maximum absolute atomic E-state index is 11.8. The van der Waals surface area contributed by atoms with Crippen LogP contribution in [0.2, 0.25) is 0 Å². The van der Waals surface area contributed by atoms with Crippen molar-refractivity contribution in [1.82, 2.24) is 15.3 Å². The van der Waals surface area contributed by atoms with E-state index < -0.39 is 0 Å². The molecule has 114 valence electrons. The van der Waals surface area contributed by atoms with Crippen LogP contribution in [-0.2, 0) is 9.53 Å². The van der Waals surface area contributed by atoms with Gasteiger partial charge in [-0.25, -0.2) is 9.97 Å². The molecule has 0 spiro atoms. The van der Waals surface area contributed by atoms with E-state index in [4.69, 9.17) is 4.74 Å². The first-order valence-corrected chi connectivity index (χ1v) is 8.83.